The van der Waals surface area contributed by atoms with Gasteiger partial charge in [0.1, 0.15) is 24.7 Å². The molecule has 4 aromatic rings. The second kappa shape index (κ2) is 12.7. The van der Waals surface area contributed by atoms with Crippen molar-refractivity contribution in [2.75, 3.05) is 18.0 Å². The number of hydrazone groups is 1. The van der Waals surface area contributed by atoms with E-state index in [4.69, 9.17) is 9.47 Å². The van der Waals surface area contributed by atoms with Gasteiger partial charge in [-0.15, -0.1) is 0 Å². The molecule has 0 atom stereocenters. The molecule has 0 aliphatic carbocycles. The summed E-state index contributed by atoms with van der Waals surface area (Å²) in [6.07, 6.45) is 1.47. The van der Waals surface area contributed by atoms with Gasteiger partial charge >= 0.3 is 0 Å². The molecule has 0 aliphatic rings. The number of carbonyl (C=O) groups excluding carboxylic acids is 1. The number of nitrogens with one attached hydrogen (secondary N) is 1. The molecule has 0 unspecified atom stereocenters. The van der Waals surface area contributed by atoms with Gasteiger partial charge in [-0.25, -0.2) is 13.8 Å². The molecule has 0 saturated carbocycles. The largest absolute Gasteiger partial charge is 0.495 e. The smallest absolute Gasteiger partial charge is 0.264 e. The Kier molecular flexibility index (Phi) is 8.96. The van der Waals surface area contributed by atoms with Crippen LogP contribution in [0.3, 0.4) is 0 Å². The van der Waals surface area contributed by atoms with Crippen molar-refractivity contribution in [1.82, 2.24) is 5.43 Å². The van der Waals surface area contributed by atoms with Crippen molar-refractivity contribution in [3.8, 4) is 11.5 Å². The minimum atomic E-state index is -4.08. The van der Waals surface area contributed by atoms with Crippen molar-refractivity contribution in [2.45, 2.75) is 18.4 Å². The summed E-state index contributed by atoms with van der Waals surface area (Å²) in [5, 5.41) is 4.01. The van der Waals surface area contributed by atoms with Gasteiger partial charge in [0.05, 0.1) is 23.9 Å². The van der Waals surface area contributed by atoms with E-state index in [9.17, 15) is 13.2 Å². The van der Waals surface area contributed by atoms with E-state index in [2.05, 4.69) is 10.5 Å². The van der Waals surface area contributed by atoms with Gasteiger partial charge in [0.15, 0.2) is 0 Å². The molecule has 200 valence electrons. The van der Waals surface area contributed by atoms with E-state index in [0.29, 0.717) is 18.1 Å². The van der Waals surface area contributed by atoms with Crippen LogP contribution in [0.25, 0.3) is 0 Å². The number of aryl methyl sites for hydroxylation is 1. The molecule has 1 N–H and O–H groups in total. The van der Waals surface area contributed by atoms with Crippen LogP contribution in [0.1, 0.15) is 16.7 Å². The fraction of sp³-hybridized carbons (Fsp3) is 0.133. The Bertz CT molecular complexity index is 1520. The maximum Gasteiger partial charge on any atom is 0.264 e. The van der Waals surface area contributed by atoms with E-state index in [1.165, 1.54) is 25.5 Å². The molecule has 0 bridgehead atoms. The fourth-order valence-electron chi connectivity index (χ4n) is 3.75. The van der Waals surface area contributed by atoms with E-state index in [1.807, 2.05) is 49.4 Å². The summed E-state index contributed by atoms with van der Waals surface area (Å²) in [4.78, 5) is 12.9. The third-order valence-electron chi connectivity index (χ3n) is 5.75. The van der Waals surface area contributed by atoms with Crippen molar-refractivity contribution < 1.29 is 22.7 Å². The van der Waals surface area contributed by atoms with Gasteiger partial charge in [-0.2, -0.15) is 5.10 Å². The van der Waals surface area contributed by atoms with Gasteiger partial charge in [-0.3, -0.25) is 9.10 Å². The Morgan fingerprint density at radius 3 is 2.26 bits per heavy atom. The number of amides is 1. The van der Waals surface area contributed by atoms with Crippen LogP contribution in [-0.2, 0) is 21.4 Å². The van der Waals surface area contributed by atoms with Gasteiger partial charge in [-0.05, 0) is 72.1 Å². The summed E-state index contributed by atoms with van der Waals surface area (Å²) in [7, 11) is -2.63. The molecule has 39 heavy (non-hydrogen) atoms. The van der Waals surface area contributed by atoms with Crippen LogP contribution in [0.5, 0.6) is 11.5 Å². The van der Waals surface area contributed by atoms with Crippen molar-refractivity contribution in [3.05, 3.63) is 120 Å². The first-order valence-corrected chi connectivity index (χ1v) is 13.6. The quantitative estimate of drug-likeness (QED) is 0.214. The third-order valence-corrected chi connectivity index (χ3v) is 7.53. The Labute approximate surface area is 228 Å². The summed E-state index contributed by atoms with van der Waals surface area (Å²) >= 11 is 0. The molecule has 0 aliphatic heterocycles. The number of methoxy groups -OCH3 is 1. The normalized spacial score (nSPS) is 11.2. The lowest BCUT2D eigenvalue weighted by atomic mass is 10.2. The van der Waals surface area contributed by atoms with Crippen molar-refractivity contribution in [2.24, 2.45) is 5.10 Å². The number of hydrogen-bond acceptors (Lipinski definition) is 6. The van der Waals surface area contributed by atoms with Crippen LogP contribution >= 0.6 is 0 Å². The Balaban J connectivity index is 1.45. The Morgan fingerprint density at radius 1 is 0.923 bits per heavy atom. The Morgan fingerprint density at radius 2 is 1.59 bits per heavy atom. The highest BCUT2D eigenvalue weighted by molar-refractivity contribution is 7.92. The van der Waals surface area contributed by atoms with Crippen LogP contribution in [0.4, 0.5) is 5.69 Å². The van der Waals surface area contributed by atoms with Gasteiger partial charge in [0.2, 0.25) is 0 Å². The summed E-state index contributed by atoms with van der Waals surface area (Å²) in [5.41, 5.74) is 5.29. The number of anilines is 1. The van der Waals surface area contributed by atoms with E-state index in [1.54, 1.807) is 48.5 Å². The minimum absolute atomic E-state index is 0.0550. The number of benzene rings is 4. The highest BCUT2D eigenvalue weighted by Crippen LogP contribution is 2.33. The van der Waals surface area contributed by atoms with Crippen LogP contribution in [0.2, 0.25) is 0 Å². The average Bonchev–Trinajstić information content (AvgIpc) is 2.96. The SMILES string of the molecule is COc1ccc(C)cc1N(CC(=O)N/N=C\c1ccc(OCc2ccccc2)cc1)S(=O)(=O)c1ccccc1. The molecule has 0 aromatic heterocycles. The fourth-order valence-corrected chi connectivity index (χ4v) is 5.19. The molecule has 1 amide bonds. The molecule has 9 heteroatoms. The molecule has 0 saturated heterocycles. The van der Waals surface area contributed by atoms with E-state index in [0.717, 1.165) is 21.0 Å². The number of ether oxygens (including phenoxy) is 2. The second-order valence-corrected chi connectivity index (χ2v) is 10.5. The number of hydrogen-bond donors (Lipinski definition) is 1. The molecule has 0 radical (unpaired) electrons. The summed E-state index contributed by atoms with van der Waals surface area (Å²) in [6.45, 7) is 1.79. The first-order chi connectivity index (χ1) is 18.9. The number of nitrogens with zero attached hydrogens (tertiary/aromatic N) is 2. The second-order valence-electron chi connectivity index (χ2n) is 8.64. The van der Waals surface area contributed by atoms with Crippen LogP contribution < -0.4 is 19.2 Å². The molecule has 0 heterocycles. The van der Waals surface area contributed by atoms with E-state index in [-0.39, 0.29) is 10.6 Å². The molecular weight excluding hydrogens is 514 g/mol. The highest BCUT2D eigenvalue weighted by atomic mass is 32.2. The van der Waals surface area contributed by atoms with Gasteiger partial charge in [-0.1, -0.05) is 54.6 Å². The number of sulfonamides is 1. The van der Waals surface area contributed by atoms with Crippen molar-refractivity contribution in [3.63, 3.8) is 0 Å². The van der Waals surface area contributed by atoms with Gasteiger partial charge < -0.3 is 9.47 Å². The third kappa shape index (κ3) is 7.24. The summed E-state index contributed by atoms with van der Waals surface area (Å²) < 4.78 is 39.3. The average molecular weight is 544 g/mol. The molecular formula is C30H29N3O5S. The molecule has 0 spiro atoms. The molecule has 8 nitrogen and oxygen atoms in total. The first kappa shape index (κ1) is 27.4. The zero-order chi connectivity index (χ0) is 27.7. The molecule has 0 fully saturated rings. The maximum atomic E-state index is 13.6. The summed E-state index contributed by atoms with van der Waals surface area (Å²) in [6, 6.07) is 30.2. The highest BCUT2D eigenvalue weighted by Gasteiger charge is 2.29. The maximum absolute atomic E-state index is 13.6. The van der Waals surface area contributed by atoms with Crippen LogP contribution in [0, 0.1) is 6.92 Å². The lowest BCUT2D eigenvalue weighted by Crippen LogP contribution is -2.39. The van der Waals surface area contributed by atoms with Crippen LogP contribution in [-0.4, -0.2) is 34.2 Å². The minimum Gasteiger partial charge on any atom is -0.495 e. The van der Waals surface area contributed by atoms with Gasteiger partial charge in [0, 0.05) is 0 Å². The summed E-state index contributed by atoms with van der Waals surface area (Å²) in [5.74, 6) is 0.414. The first-order valence-electron chi connectivity index (χ1n) is 12.2. The van der Waals surface area contributed by atoms with Crippen LogP contribution in [0.15, 0.2) is 113 Å². The molecule has 4 rings (SSSR count). The predicted octanol–water partition coefficient (Wildman–Crippen LogP) is 4.93. The zero-order valence-corrected chi connectivity index (χ0v) is 22.5. The lowest BCUT2D eigenvalue weighted by molar-refractivity contribution is -0.119. The van der Waals surface area contributed by atoms with E-state index >= 15 is 0 Å². The van der Waals surface area contributed by atoms with Crippen molar-refractivity contribution in [1.29, 1.82) is 0 Å². The standard InChI is InChI=1S/C30H29N3O5S/c1-23-13-18-29(37-2)28(19-23)33(39(35,36)27-11-7-4-8-12-27)21-30(34)32-31-20-24-14-16-26(17-15-24)38-22-25-9-5-3-6-10-25/h3-20H,21-22H2,1-2H3,(H,32,34)/b31-20-. The van der Waals surface area contributed by atoms with Crippen molar-refractivity contribution >= 4 is 27.8 Å². The zero-order valence-electron chi connectivity index (χ0n) is 21.7. The van der Waals surface area contributed by atoms with Gasteiger partial charge in [0.25, 0.3) is 15.9 Å². The van der Waals surface area contributed by atoms with E-state index < -0.39 is 22.5 Å². The lowest BCUT2D eigenvalue weighted by Gasteiger charge is -2.25. The predicted molar refractivity (Wildman–Crippen MR) is 152 cm³/mol. The monoisotopic (exact) mass is 543 g/mol. The molecule has 4 aromatic carbocycles. The Hall–Kier alpha value is -4.63. The number of carbonyl (C=O) groups is 1. The number of rotatable bonds is 11. The topological polar surface area (TPSA) is 97.3 Å².